The fraction of sp³-hybridized carbons (Fsp3) is 0.647. The molecule has 3 rings (SSSR count). The quantitative estimate of drug-likeness (QED) is 0.808. The first-order chi connectivity index (χ1) is 9.83. The molecule has 2 bridgehead atoms. The van der Waals surface area contributed by atoms with Gasteiger partial charge in [-0.15, -0.1) is 0 Å². The van der Waals surface area contributed by atoms with Crippen LogP contribution in [0.5, 0.6) is 0 Å². The SMILES string of the molecule is CN1[C@@H]2CCC[C@H]1CC(NCCNc1ccccc1)C2. The number of nitrogens with zero attached hydrogens (tertiary/aromatic N) is 1. The minimum atomic E-state index is 0.721. The smallest absolute Gasteiger partial charge is 0.0340 e. The Morgan fingerprint density at radius 3 is 2.45 bits per heavy atom. The predicted molar refractivity (Wildman–Crippen MR) is 85.1 cm³/mol. The van der Waals surface area contributed by atoms with Gasteiger partial charge in [-0.3, -0.25) is 0 Å². The molecule has 0 amide bonds. The third-order valence-corrected chi connectivity index (χ3v) is 5.00. The second kappa shape index (κ2) is 6.59. The van der Waals surface area contributed by atoms with Gasteiger partial charge >= 0.3 is 0 Å². The maximum atomic E-state index is 3.75. The summed E-state index contributed by atoms with van der Waals surface area (Å²) in [4.78, 5) is 2.63. The molecule has 1 unspecified atom stereocenters. The second-order valence-electron chi connectivity index (χ2n) is 6.32. The summed E-state index contributed by atoms with van der Waals surface area (Å²) in [6.07, 6.45) is 6.89. The Kier molecular flexibility index (Phi) is 4.58. The molecule has 2 saturated heterocycles. The highest BCUT2D eigenvalue weighted by molar-refractivity contribution is 5.42. The van der Waals surface area contributed by atoms with E-state index in [0.29, 0.717) is 0 Å². The lowest BCUT2D eigenvalue weighted by molar-refractivity contribution is 0.0490. The van der Waals surface area contributed by atoms with Crippen LogP contribution in [0.4, 0.5) is 5.69 Å². The molecule has 1 aromatic carbocycles. The van der Waals surface area contributed by atoms with Gasteiger partial charge in [0.15, 0.2) is 0 Å². The van der Waals surface area contributed by atoms with Gasteiger partial charge in [0.05, 0.1) is 0 Å². The molecule has 3 nitrogen and oxygen atoms in total. The van der Waals surface area contributed by atoms with Crippen LogP contribution in [0.1, 0.15) is 32.1 Å². The van der Waals surface area contributed by atoms with E-state index in [0.717, 1.165) is 31.2 Å². The maximum absolute atomic E-state index is 3.75. The zero-order valence-corrected chi connectivity index (χ0v) is 12.5. The van der Waals surface area contributed by atoms with Crippen LogP contribution in [0.15, 0.2) is 30.3 Å². The molecular formula is C17H27N3. The Hall–Kier alpha value is -1.06. The Morgan fingerprint density at radius 1 is 1.05 bits per heavy atom. The molecule has 3 heteroatoms. The molecule has 1 aromatic rings. The third-order valence-electron chi connectivity index (χ3n) is 5.00. The van der Waals surface area contributed by atoms with Crippen molar-refractivity contribution < 1.29 is 0 Å². The molecule has 2 fully saturated rings. The highest BCUT2D eigenvalue weighted by Gasteiger charge is 2.35. The van der Waals surface area contributed by atoms with Gasteiger partial charge in [-0.2, -0.15) is 0 Å². The molecule has 0 saturated carbocycles. The number of fused-ring (bicyclic) bond motifs is 2. The lowest BCUT2D eigenvalue weighted by atomic mass is 9.82. The minimum absolute atomic E-state index is 0.721. The van der Waals surface area contributed by atoms with Crippen LogP contribution in [0.25, 0.3) is 0 Å². The molecule has 2 heterocycles. The molecule has 0 radical (unpaired) electrons. The summed E-state index contributed by atoms with van der Waals surface area (Å²) in [6.45, 7) is 2.06. The van der Waals surface area contributed by atoms with Crippen LogP contribution in [0, 0.1) is 0 Å². The van der Waals surface area contributed by atoms with E-state index in [-0.39, 0.29) is 0 Å². The molecule has 3 atom stereocenters. The normalized spacial score (nSPS) is 30.1. The number of rotatable bonds is 5. The van der Waals surface area contributed by atoms with Crippen molar-refractivity contribution in [3.05, 3.63) is 30.3 Å². The summed E-state index contributed by atoms with van der Waals surface area (Å²) < 4.78 is 0. The molecule has 2 aliphatic rings. The average Bonchev–Trinajstić information content (AvgIpc) is 2.45. The molecule has 0 spiro atoms. The lowest BCUT2D eigenvalue weighted by Gasteiger charge is -2.47. The van der Waals surface area contributed by atoms with Crippen molar-refractivity contribution in [2.24, 2.45) is 0 Å². The van der Waals surface area contributed by atoms with Crippen LogP contribution in [0.2, 0.25) is 0 Å². The van der Waals surface area contributed by atoms with Crippen LogP contribution in [-0.2, 0) is 0 Å². The second-order valence-corrected chi connectivity index (χ2v) is 6.32. The summed E-state index contributed by atoms with van der Waals surface area (Å²) in [5.74, 6) is 0. The van der Waals surface area contributed by atoms with Crippen LogP contribution < -0.4 is 10.6 Å². The van der Waals surface area contributed by atoms with E-state index < -0.39 is 0 Å². The first-order valence-electron chi connectivity index (χ1n) is 8.07. The largest absolute Gasteiger partial charge is 0.384 e. The van der Waals surface area contributed by atoms with Crippen molar-refractivity contribution in [2.45, 2.75) is 50.2 Å². The van der Waals surface area contributed by atoms with Crippen LogP contribution >= 0.6 is 0 Å². The monoisotopic (exact) mass is 273 g/mol. The highest BCUT2D eigenvalue weighted by Crippen LogP contribution is 2.32. The summed E-state index contributed by atoms with van der Waals surface area (Å²) in [5.41, 5.74) is 1.22. The van der Waals surface area contributed by atoms with E-state index in [1.165, 1.54) is 37.8 Å². The van der Waals surface area contributed by atoms with E-state index in [1.807, 2.05) is 0 Å². The first kappa shape index (κ1) is 13.9. The van der Waals surface area contributed by atoms with E-state index in [4.69, 9.17) is 0 Å². The predicted octanol–water partition coefficient (Wildman–Crippen LogP) is 2.70. The van der Waals surface area contributed by atoms with Crippen LogP contribution in [-0.4, -0.2) is 43.2 Å². The van der Waals surface area contributed by atoms with Gasteiger partial charge in [-0.05, 0) is 44.9 Å². The fourth-order valence-electron chi connectivity index (χ4n) is 3.82. The van der Waals surface area contributed by atoms with Gasteiger partial charge in [0.2, 0.25) is 0 Å². The number of para-hydroxylation sites is 1. The molecule has 2 N–H and O–H groups in total. The van der Waals surface area contributed by atoms with Crippen molar-refractivity contribution in [3.63, 3.8) is 0 Å². The molecule has 0 aromatic heterocycles. The van der Waals surface area contributed by atoms with E-state index in [9.17, 15) is 0 Å². The summed E-state index contributed by atoms with van der Waals surface area (Å²) >= 11 is 0. The Morgan fingerprint density at radius 2 is 1.75 bits per heavy atom. The number of anilines is 1. The van der Waals surface area contributed by atoms with Crippen molar-refractivity contribution in [2.75, 3.05) is 25.5 Å². The van der Waals surface area contributed by atoms with Crippen molar-refractivity contribution in [1.82, 2.24) is 10.2 Å². The van der Waals surface area contributed by atoms with E-state index >= 15 is 0 Å². The maximum Gasteiger partial charge on any atom is 0.0340 e. The van der Waals surface area contributed by atoms with Gasteiger partial charge in [-0.1, -0.05) is 24.6 Å². The standard InChI is InChI=1S/C17H27N3/c1-20-16-8-5-9-17(20)13-15(12-16)19-11-10-18-14-6-3-2-4-7-14/h2-4,6-7,15-19H,5,8-13H2,1H3/t15?,16-,17+. The molecule has 2 aliphatic heterocycles. The topological polar surface area (TPSA) is 27.3 Å². The number of hydrogen-bond acceptors (Lipinski definition) is 3. The van der Waals surface area contributed by atoms with Gasteiger partial charge in [0, 0.05) is 36.9 Å². The summed E-state index contributed by atoms with van der Waals surface area (Å²) in [5, 5.41) is 7.22. The molecular weight excluding hydrogens is 246 g/mol. The molecule has 0 aliphatic carbocycles. The Balaban J connectivity index is 1.39. The molecule has 110 valence electrons. The lowest BCUT2D eigenvalue weighted by Crippen LogP contribution is -2.54. The van der Waals surface area contributed by atoms with Gasteiger partial charge in [-0.25, -0.2) is 0 Å². The highest BCUT2D eigenvalue weighted by atomic mass is 15.2. The van der Waals surface area contributed by atoms with E-state index in [1.54, 1.807) is 0 Å². The number of hydrogen-bond donors (Lipinski definition) is 2. The van der Waals surface area contributed by atoms with Crippen molar-refractivity contribution >= 4 is 5.69 Å². The van der Waals surface area contributed by atoms with Crippen LogP contribution in [0.3, 0.4) is 0 Å². The average molecular weight is 273 g/mol. The number of benzene rings is 1. The third kappa shape index (κ3) is 3.33. The molecule has 20 heavy (non-hydrogen) atoms. The van der Waals surface area contributed by atoms with Crippen molar-refractivity contribution in [1.29, 1.82) is 0 Å². The number of piperidine rings is 2. The zero-order valence-electron chi connectivity index (χ0n) is 12.5. The Labute approximate surface area is 122 Å². The minimum Gasteiger partial charge on any atom is -0.384 e. The van der Waals surface area contributed by atoms with E-state index in [2.05, 4.69) is 52.9 Å². The van der Waals surface area contributed by atoms with Gasteiger partial charge < -0.3 is 15.5 Å². The van der Waals surface area contributed by atoms with Gasteiger partial charge in [0.1, 0.15) is 0 Å². The van der Waals surface area contributed by atoms with Gasteiger partial charge in [0.25, 0.3) is 0 Å². The summed E-state index contributed by atoms with van der Waals surface area (Å²) in [6, 6.07) is 12.8. The van der Waals surface area contributed by atoms with Crippen molar-refractivity contribution in [3.8, 4) is 0 Å². The fourth-order valence-corrected chi connectivity index (χ4v) is 3.82. The zero-order chi connectivity index (χ0) is 13.8. The first-order valence-corrected chi connectivity index (χ1v) is 8.07. The summed E-state index contributed by atoms with van der Waals surface area (Å²) in [7, 11) is 2.32. The number of nitrogens with one attached hydrogen (secondary N) is 2. The Bertz CT molecular complexity index is 392.